The Morgan fingerprint density at radius 1 is 1.28 bits per heavy atom. The van der Waals surface area contributed by atoms with Crippen molar-refractivity contribution in [3.05, 3.63) is 59.7 Å². The van der Waals surface area contributed by atoms with Crippen LogP contribution in [0.2, 0.25) is 0 Å². The van der Waals surface area contributed by atoms with Gasteiger partial charge >= 0.3 is 0 Å². The van der Waals surface area contributed by atoms with Gasteiger partial charge in [0, 0.05) is 23.7 Å². The minimum absolute atomic E-state index is 0.0232. The standard InChI is InChI=1S/C20H24N4O/c1-13(2)14-6-5-7-16(10-14)23-20(21)22-12-15-11-19(25)24-18-9-4-3-8-17(15)18/h3-10,13,15H,11-12H2,1-2H3,(H,24,25)(H3,21,22,23). The van der Waals surface area contributed by atoms with Crippen LogP contribution in [0.5, 0.6) is 0 Å². The van der Waals surface area contributed by atoms with Crippen LogP contribution in [-0.4, -0.2) is 18.4 Å². The van der Waals surface area contributed by atoms with E-state index < -0.39 is 0 Å². The van der Waals surface area contributed by atoms with Crippen LogP contribution in [0.25, 0.3) is 0 Å². The molecule has 0 saturated carbocycles. The van der Waals surface area contributed by atoms with Crippen LogP contribution in [0.3, 0.4) is 0 Å². The lowest BCUT2D eigenvalue weighted by Gasteiger charge is -2.24. The Hall–Kier alpha value is -2.82. The quantitative estimate of drug-likeness (QED) is 0.589. The molecule has 0 aromatic heterocycles. The molecule has 1 aliphatic rings. The third kappa shape index (κ3) is 4.18. The predicted molar refractivity (Wildman–Crippen MR) is 103 cm³/mol. The average molecular weight is 336 g/mol. The molecule has 0 fully saturated rings. The molecule has 0 spiro atoms. The second kappa shape index (κ2) is 7.38. The predicted octanol–water partition coefficient (Wildman–Crippen LogP) is 3.66. The van der Waals surface area contributed by atoms with E-state index in [1.165, 1.54) is 5.56 Å². The van der Waals surface area contributed by atoms with E-state index >= 15 is 0 Å². The molecule has 2 aromatic carbocycles. The highest BCUT2D eigenvalue weighted by molar-refractivity contribution is 5.95. The molecule has 2 aromatic rings. The first-order valence-electron chi connectivity index (χ1n) is 8.58. The second-order valence-electron chi connectivity index (χ2n) is 6.67. The summed E-state index contributed by atoms with van der Waals surface area (Å²) in [5, 5.41) is 6.04. The van der Waals surface area contributed by atoms with Crippen molar-refractivity contribution in [1.82, 2.24) is 0 Å². The lowest BCUT2D eigenvalue weighted by atomic mass is 9.91. The molecule has 1 atom stereocenters. The van der Waals surface area contributed by atoms with Gasteiger partial charge in [-0.25, -0.2) is 0 Å². The van der Waals surface area contributed by atoms with Gasteiger partial charge in [-0.3, -0.25) is 9.79 Å². The van der Waals surface area contributed by atoms with Gasteiger partial charge in [-0.05, 0) is 35.2 Å². The van der Waals surface area contributed by atoms with Gasteiger partial charge < -0.3 is 16.4 Å². The van der Waals surface area contributed by atoms with Crippen molar-refractivity contribution in [2.45, 2.75) is 32.1 Å². The second-order valence-corrected chi connectivity index (χ2v) is 6.67. The summed E-state index contributed by atoms with van der Waals surface area (Å²) in [6, 6.07) is 16.0. The van der Waals surface area contributed by atoms with Gasteiger partial charge in [-0.15, -0.1) is 0 Å². The number of nitrogens with zero attached hydrogens (tertiary/aromatic N) is 1. The maximum Gasteiger partial charge on any atom is 0.225 e. The smallest absolute Gasteiger partial charge is 0.225 e. The van der Waals surface area contributed by atoms with E-state index in [4.69, 9.17) is 5.73 Å². The first-order chi connectivity index (χ1) is 12.0. The Bertz CT molecular complexity index is 798. The average Bonchev–Trinajstić information content (AvgIpc) is 2.59. The number of amides is 1. The van der Waals surface area contributed by atoms with Crippen LogP contribution in [0.4, 0.5) is 11.4 Å². The highest BCUT2D eigenvalue weighted by Gasteiger charge is 2.24. The fourth-order valence-corrected chi connectivity index (χ4v) is 3.04. The van der Waals surface area contributed by atoms with E-state index in [0.717, 1.165) is 16.9 Å². The zero-order valence-corrected chi connectivity index (χ0v) is 14.6. The first-order valence-corrected chi connectivity index (χ1v) is 8.58. The summed E-state index contributed by atoms with van der Waals surface area (Å²) in [5.41, 5.74) is 10.2. The van der Waals surface area contributed by atoms with Gasteiger partial charge in [0.25, 0.3) is 0 Å². The molecule has 0 bridgehead atoms. The number of para-hydroxylation sites is 1. The Balaban J connectivity index is 1.70. The van der Waals surface area contributed by atoms with Gasteiger partial charge in [0.2, 0.25) is 5.91 Å². The molecule has 0 aliphatic carbocycles. The van der Waals surface area contributed by atoms with Crippen molar-refractivity contribution < 1.29 is 4.79 Å². The number of rotatable bonds is 4. The Labute approximate surface area is 148 Å². The van der Waals surface area contributed by atoms with Crippen molar-refractivity contribution in [3.63, 3.8) is 0 Å². The van der Waals surface area contributed by atoms with Gasteiger partial charge in [0.15, 0.2) is 5.96 Å². The van der Waals surface area contributed by atoms with E-state index in [2.05, 4.69) is 41.6 Å². The van der Waals surface area contributed by atoms with Crippen molar-refractivity contribution in [2.24, 2.45) is 10.7 Å². The molecule has 0 radical (unpaired) electrons. The largest absolute Gasteiger partial charge is 0.370 e. The zero-order valence-electron chi connectivity index (χ0n) is 14.6. The number of carbonyl (C=O) groups excluding carboxylic acids is 1. The van der Waals surface area contributed by atoms with Crippen LogP contribution in [0, 0.1) is 0 Å². The third-order valence-electron chi connectivity index (χ3n) is 4.41. The SMILES string of the molecule is CC(C)c1cccc(NC(N)=NCC2CC(=O)Nc3ccccc32)c1. The molecule has 4 N–H and O–H groups in total. The number of nitrogens with one attached hydrogen (secondary N) is 2. The highest BCUT2D eigenvalue weighted by atomic mass is 16.1. The van der Waals surface area contributed by atoms with Gasteiger partial charge in [-0.2, -0.15) is 0 Å². The van der Waals surface area contributed by atoms with Crippen molar-refractivity contribution in [3.8, 4) is 0 Å². The molecule has 130 valence electrons. The van der Waals surface area contributed by atoms with Crippen LogP contribution in [0.1, 0.15) is 43.2 Å². The number of fused-ring (bicyclic) bond motifs is 1. The van der Waals surface area contributed by atoms with Gasteiger partial charge in [-0.1, -0.05) is 44.2 Å². The summed E-state index contributed by atoms with van der Waals surface area (Å²) < 4.78 is 0. The molecule has 25 heavy (non-hydrogen) atoms. The van der Waals surface area contributed by atoms with Crippen LogP contribution >= 0.6 is 0 Å². The summed E-state index contributed by atoms with van der Waals surface area (Å²) in [6.45, 7) is 4.79. The maximum atomic E-state index is 11.9. The Morgan fingerprint density at radius 2 is 2.08 bits per heavy atom. The van der Waals surface area contributed by atoms with Crippen molar-refractivity contribution in [2.75, 3.05) is 17.2 Å². The number of hydrogen-bond donors (Lipinski definition) is 3. The molecule has 1 aliphatic heterocycles. The molecule has 5 nitrogen and oxygen atoms in total. The topological polar surface area (TPSA) is 79.5 Å². The number of anilines is 2. The fourth-order valence-electron chi connectivity index (χ4n) is 3.04. The monoisotopic (exact) mass is 336 g/mol. The summed E-state index contributed by atoms with van der Waals surface area (Å²) in [7, 11) is 0. The molecule has 1 heterocycles. The first kappa shape index (κ1) is 17.0. The summed E-state index contributed by atoms with van der Waals surface area (Å²) >= 11 is 0. The van der Waals surface area contributed by atoms with Crippen molar-refractivity contribution >= 4 is 23.2 Å². The minimum atomic E-state index is 0.0232. The third-order valence-corrected chi connectivity index (χ3v) is 4.41. The molecular formula is C20H24N4O. The van der Waals surface area contributed by atoms with E-state index in [-0.39, 0.29) is 11.8 Å². The van der Waals surface area contributed by atoms with E-state index in [0.29, 0.717) is 24.8 Å². The molecule has 1 unspecified atom stereocenters. The zero-order chi connectivity index (χ0) is 17.8. The number of nitrogens with two attached hydrogens (primary N) is 1. The lowest BCUT2D eigenvalue weighted by molar-refractivity contribution is -0.116. The van der Waals surface area contributed by atoms with Crippen LogP contribution in [-0.2, 0) is 4.79 Å². The fraction of sp³-hybridized carbons (Fsp3) is 0.300. The molecule has 3 rings (SSSR count). The minimum Gasteiger partial charge on any atom is -0.370 e. The van der Waals surface area contributed by atoms with Crippen molar-refractivity contribution in [1.29, 1.82) is 0 Å². The Morgan fingerprint density at radius 3 is 2.88 bits per heavy atom. The highest BCUT2D eigenvalue weighted by Crippen LogP contribution is 2.32. The molecular weight excluding hydrogens is 312 g/mol. The lowest BCUT2D eigenvalue weighted by Crippen LogP contribution is -2.27. The number of aliphatic imine (C=N–C) groups is 1. The number of benzene rings is 2. The summed E-state index contributed by atoms with van der Waals surface area (Å²) in [5.74, 6) is 0.892. The molecule has 0 saturated heterocycles. The van der Waals surface area contributed by atoms with E-state index in [1.54, 1.807) is 0 Å². The van der Waals surface area contributed by atoms with Crippen LogP contribution in [0.15, 0.2) is 53.5 Å². The number of carbonyl (C=O) groups is 1. The molecule has 5 heteroatoms. The van der Waals surface area contributed by atoms with Gasteiger partial charge in [0.1, 0.15) is 0 Å². The maximum absolute atomic E-state index is 11.9. The van der Waals surface area contributed by atoms with E-state index in [9.17, 15) is 4.79 Å². The number of guanidine groups is 1. The van der Waals surface area contributed by atoms with E-state index in [1.807, 2.05) is 36.4 Å². The normalized spacial score (nSPS) is 17.2. The summed E-state index contributed by atoms with van der Waals surface area (Å²) in [4.78, 5) is 16.3. The molecule has 1 amide bonds. The van der Waals surface area contributed by atoms with Crippen LogP contribution < -0.4 is 16.4 Å². The van der Waals surface area contributed by atoms with Gasteiger partial charge in [0.05, 0.1) is 6.54 Å². The summed E-state index contributed by atoms with van der Waals surface area (Å²) in [6.07, 6.45) is 0.427. The number of hydrogen-bond acceptors (Lipinski definition) is 2. The Kier molecular flexibility index (Phi) is 5.03.